The molecule has 146 valence electrons. The number of carbonyl (C=O) groups excluding carboxylic acids is 1. The molecular formula is C18H25N5O4. The molecule has 0 saturated heterocycles. The number of aromatic nitrogens is 3. The highest BCUT2D eigenvalue weighted by Crippen LogP contribution is 2.28. The summed E-state index contributed by atoms with van der Waals surface area (Å²) in [5.41, 5.74) is -0.491. The number of nitro groups is 1. The lowest BCUT2D eigenvalue weighted by molar-refractivity contribution is -0.385. The summed E-state index contributed by atoms with van der Waals surface area (Å²) < 4.78 is 2.73. The van der Waals surface area contributed by atoms with Gasteiger partial charge in [-0.1, -0.05) is 20.8 Å². The van der Waals surface area contributed by atoms with Gasteiger partial charge < -0.3 is 5.32 Å². The van der Waals surface area contributed by atoms with Gasteiger partial charge in [-0.15, -0.1) is 0 Å². The fourth-order valence-corrected chi connectivity index (χ4v) is 2.44. The van der Waals surface area contributed by atoms with E-state index in [4.69, 9.17) is 0 Å². The lowest BCUT2D eigenvalue weighted by Crippen LogP contribution is -2.30. The van der Waals surface area contributed by atoms with Crippen molar-refractivity contribution in [3.05, 3.63) is 50.6 Å². The number of nitrogens with zero attached hydrogens (tertiary/aromatic N) is 4. The molecule has 0 fully saturated rings. The maximum absolute atomic E-state index is 12.5. The first kappa shape index (κ1) is 20.3. The number of anilines is 1. The smallest absolute Gasteiger partial charge is 0.285 e. The minimum atomic E-state index is -0.613. The summed E-state index contributed by atoms with van der Waals surface area (Å²) in [4.78, 5) is 34.6. The molecule has 2 heterocycles. The van der Waals surface area contributed by atoms with E-state index in [0.717, 1.165) is 28.6 Å². The highest BCUT2D eigenvalue weighted by molar-refractivity contribution is 5.89. The van der Waals surface area contributed by atoms with Gasteiger partial charge in [0.2, 0.25) is 5.91 Å². The van der Waals surface area contributed by atoms with Gasteiger partial charge in [0.1, 0.15) is 12.4 Å². The Bertz CT molecular complexity index is 928. The summed E-state index contributed by atoms with van der Waals surface area (Å²) in [5, 5.41) is 18.2. The van der Waals surface area contributed by atoms with E-state index >= 15 is 0 Å². The van der Waals surface area contributed by atoms with Gasteiger partial charge in [-0.25, -0.2) is 4.68 Å². The molecule has 0 aliphatic heterocycles. The molecule has 2 aromatic heterocycles. The van der Waals surface area contributed by atoms with Crippen LogP contribution in [-0.2, 0) is 22.3 Å². The van der Waals surface area contributed by atoms with E-state index in [1.54, 1.807) is 10.7 Å². The molecule has 1 N–H and O–H groups in total. The lowest BCUT2D eigenvalue weighted by atomic mass is 9.92. The van der Waals surface area contributed by atoms with Gasteiger partial charge in [-0.2, -0.15) is 5.10 Å². The topological polar surface area (TPSA) is 112 Å². The molecule has 0 aromatic carbocycles. The van der Waals surface area contributed by atoms with Crippen molar-refractivity contribution in [2.75, 3.05) is 5.32 Å². The number of hydrogen-bond acceptors (Lipinski definition) is 5. The molecule has 0 radical (unpaired) electrons. The largest absolute Gasteiger partial charge is 0.309 e. The summed E-state index contributed by atoms with van der Waals surface area (Å²) >= 11 is 0. The molecule has 0 saturated carbocycles. The van der Waals surface area contributed by atoms with Crippen molar-refractivity contribution in [3.8, 4) is 0 Å². The fraction of sp³-hybridized carbons (Fsp3) is 0.500. The van der Waals surface area contributed by atoms with Crippen molar-refractivity contribution in [2.45, 2.75) is 59.0 Å². The van der Waals surface area contributed by atoms with Gasteiger partial charge in [-0.3, -0.25) is 24.3 Å². The zero-order valence-electron chi connectivity index (χ0n) is 16.4. The van der Waals surface area contributed by atoms with Crippen LogP contribution in [0.5, 0.6) is 0 Å². The van der Waals surface area contributed by atoms with Gasteiger partial charge in [0.15, 0.2) is 0 Å². The maximum atomic E-state index is 12.5. The highest BCUT2D eigenvalue weighted by atomic mass is 16.6. The van der Waals surface area contributed by atoms with Crippen molar-refractivity contribution in [3.63, 3.8) is 0 Å². The van der Waals surface area contributed by atoms with E-state index in [-0.39, 0.29) is 23.2 Å². The Labute approximate surface area is 157 Å². The maximum Gasteiger partial charge on any atom is 0.285 e. The molecule has 0 bridgehead atoms. The number of nitrogens with one attached hydrogen (secondary N) is 1. The van der Waals surface area contributed by atoms with Gasteiger partial charge in [-0.05, 0) is 20.8 Å². The van der Waals surface area contributed by atoms with Crippen LogP contribution in [0.2, 0.25) is 0 Å². The van der Waals surface area contributed by atoms with E-state index in [0.29, 0.717) is 5.82 Å². The Kier molecular flexibility index (Phi) is 5.26. The summed E-state index contributed by atoms with van der Waals surface area (Å²) in [6.07, 6.45) is 1.06. The van der Waals surface area contributed by atoms with Crippen LogP contribution in [0.1, 0.15) is 47.2 Å². The van der Waals surface area contributed by atoms with Crippen LogP contribution in [0, 0.1) is 10.1 Å². The van der Waals surface area contributed by atoms with E-state index in [9.17, 15) is 19.7 Å². The molecule has 9 heteroatoms. The summed E-state index contributed by atoms with van der Waals surface area (Å²) in [5.74, 6) is 0.0411. The van der Waals surface area contributed by atoms with Crippen molar-refractivity contribution in [1.82, 2.24) is 14.3 Å². The predicted octanol–water partition coefficient (Wildman–Crippen LogP) is 2.64. The third-order valence-corrected chi connectivity index (χ3v) is 3.87. The minimum Gasteiger partial charge on any atom is -0.309 e. The molecule has 1 amide bonds. The van der Waals surface area contributed by atoms with E-state index in [1.807, 2.05) is 41.5 Å². The summed E-state index contributed by atoms with van der Waals surface area (Å²) in [7, 11) is 0. The monoisotopic (exact) mass is 375 g/mol. The third-order valence-electron chi connectivity index (χ3n) is 3.87. The predicted molar refractivity (Wildman–Crippen MR) is 102 cm³/mol. The third kappa shape index (κ3) is 4.81. The molecule has 0 atom stereocenters. The lowest BCUT2D eigenvalue weighted by Gasteiger charge is -2.23. The van der Waals surface area contributed by atoms with Crippen LogP contribution in [0.25, 0.3) is 0 Å². The summed E-state index contributed by atoms with van der Waals surface area (Å²) in [6, 6.07) is 3.99. The van der Waals surface area contributed by atoms with Crippen LogP contribution in [0.3, 0.4) is 0 Å². The van der Waals surface area contributed by atoms with Crippen LogP contribution in [0.15, 0.2) is 29.2 Å². The van der Waals surface area contributed by atoms with Gasteiger partial charge >= 0.3 is 0 Å². The van der Waals surface area contributed by atoms with Gasteiger partial charge in [0, 0.05) is 23.6 Å². The molecule has 0 aliphatic carbocycles. The molecule has 0 aliphatic rings. The number of pyridine rings is 1. The van der Waals surface area contributed by atoms with Gasteiger partial charge in [0.25, 0.3) is 11.2 Å². The first-order chi connectivity index (χ1) is 12.3. The second-order valence-corrected chi connectivity index (χ2v) is 8.41. The zero-order valence-corrected chi connectivity index (χ0v) is 16.4. The minimum absolute atomic E-state index is 0.201. The normalized spacial score (nSPS) is 12.1. The second kappa shape index (κ2) is 6.98. The van der Waals surface area contributed by atoms with Gasteiger partial charge in [0.05, 0.1) is 22.4 Å². The second-order valence-electron chi connectivity index (χ2n) is 8.41. The van der Waals surface area contributed by atoms with Crippen LogP contribution in [-0.4, -0.2) is 25.2 Å². The molecule has 0 unspecified atom stereocenters. The zero-order chi connectivity index (χ0) is 20.6. The average molecular weight is 375 g/mol. The molecule has 2 aromatic rings. The number of rotatable bonds is 4. The van der Waals surface area contributed by atoms with Crippen LogP contribution in [0.4, 0.5) is 11.5 Å². The number of carbonyl (C=O) groups is 1. The fourth-order valence-electron chi connectivity index (χ4n) is 2.44. The Morgan fingerprint density at radius 3 is 2.37 bits per heavy atom. The highest BCUT2D eigenvalue weighted by Gasteiger charge is 2.26. The van der Waals surface area contributed by atoms with Crippen LogP contribution >= 0.6 is 0 Å². The average Bonchev–Trinajstić information content (AvgIpc) is 2.93. The standard InChI is InChI=1S/C18H25N5O4/c1-17(2,3)13-9-14(22(20-13)18(4,5)6)19-15(24)11-21-10-12(23(26)27)7-8-16(21)25/h7-10H,11H2,1-6H3,(H,19,24). The first-order valence-electron chi connectivity index (χ1n) is 8.55. The molecule has 9 nitrogen and oxygen atoms in total. The van der Waals surface area contributed by atoms with Crippen LogP contribution < -0.4 is 10.9 Å². The Balaban J connectivity index is 2.31. The van der Waals surface area contributed by atoms with Crippen molar-refractivity contribution in [2.24, 2.45) is 0 Å². The first-order valence-corrected chi connectivity index (χ1v) is 8.55. The van der Waals surface area contributed by atoms with E-state index < -0.39 is 16.4 Å². The molecule has 27 heavy (non-hydrogen) atoms. The Hall–Kier alpha value is -2.97. The van der Waals surface area contributed by atoms with Crippen molar-refractivity contribution in [1.29, 1.82) is 0 Å². The number of hydrogen-bond donors (Lipinski definition) is 1. The number of amides is 1. The molecule has 0 spiro atoms. The molecular weight excluding hydrogens is 350 g/mol. The summed E-state index contributed by atoms with van der Waals surface area (Å²) in [6.45, 7) is 11.6. The quantitative estimate of drug-likeness (QED) is 0.652. The van der Waals surface area contributed by atoms with Crippen molar-refractivity contribution >= 4 is 17.4 Å². The molecule has 2 rings (SSSR count). The Morgan fingerprint density at radius 1 is 1.22 bits per heavy atom. The van der Waals surface area contributed by atoms with E-state index in [1.165, 1.54) is 0 Å². The Morgan fingerprint density at radius 2 is 1.85 bits per heavy atom. The van der Waals surface area contributed by atoms with Crippen molar-refractivity contribution < 1.29 is 9.72 Å². The SMILES string of the molecule is CC(C)(C)c1cc(NC(=O)Cn2cc([N+](=O)[O-])ccc2=O)n(C(C)(C)C)n1. The van der Waals surface area contributed by atoms with E-state index in [2.05, 4.69) is 10.4 Å².